The van der Waals surface area contributed by atoms with Gasteiger partial charge in [0, 0.05) is 10.9 Å². The van der Waals surface area contributed by atoms with Crippen LogP contribution in [-0.2, 0) is 4.79 Å². The minimum atomic E-state index is -0.783. The molecule has 0 radical (unpaired) electrons. The highest BCUT2D eigenvalue weighted by Gasteiger charge is 2.14. The molecule has 0 bridgehead atoms. The lowest BCUT2D eigenvalue weighted by atomic mass is 10.1. The van der Waals surface area contributed by atoms with Gasteiger partial charge in [0.15, 0.2) is 11.6 Å². The molecule has 0 aliphatic carbocycles. The minimum absolute atomic E-state index is 0.191. The maximum Gasteiger partial charge on any atom is 0.224 e. The first kappa shape index (κ1) is 14.1. The lowest BCUT2D eigenvalue weighted by molar-refractivity contribution is -0.117. The van der Waals surface area contributed by atoms with Crippen molar-refractivity contribution in [3.05, 3.63) is 28.2 Å². The van der Waals surface area contributed by atoms with Gasteiger partial charge in [0.1, 0.15) is 5.69 Å². The van der Waals surface area contributed by atoms with Crippen molar-refractivity contribution in [3.8, 4) is 0 Å². The van der Waals surface area contributed by atoms with Gasteiger partial charge in [-0.15, -0.1) is 0 Å². The van der Waals surface area contributed by atoms with Crippen molar-refractivity contribution >= 4 is 27.5 Å². The van der Waals surface area contributed by atoms with Gasteiger partial charge in [0.2, 0.25) is 5.91 Å². The first-order valence-electron chi connectivity index (χ1n) is 5.38. The molecule has 1 atom stereocenters. The smallest absolute Gasteiger partial charge is 0.224 e. The van der Waals surface area contributed by atoms with Gasteiger partial charge in [-0.3, -0.25) is 4.79 Å². The summed E-state index contributed by atoms with van der Waals surface area (Å²) in [6.07, 6.45) is 1.10. The van der Waals surface area contributed by atoms with Crippen LogP contribution in [-0.4, -0.2) is 5.91 Å². The minimum Gasteiger partial charge on any atom is -0.321 e. The first-order valence-corrected chi connectivity index (χ1v) is 6.17. The van der Waals surface area contributed by atoms with Crippen LogP contribution in [0.2, 0.25) is 0 Å². The third kappa shape index (κ3) is 4.07. The van der Waals surface area contributed by atoms with E-state index in [4.69, 9.17) is 0 Å². The lowest BCUT2D eigenvalue weighted by Crippen LogP contribution is -2.16. The van der Waals surface area contributed by atoms with E-state index >= 15 is 0 Å². The Morgan fingerprint density at radius 3 is 2.41 bits per heavy atom. The molecule has 0 aromatic heterocycles. The molecule has 94 valence electrons. The Hall–Kier alpha value is -0.970. The van der Waals surface area contributed by atoms with E-state index < -0.39 is 11.6 Å². The second-order valence-corrected chi connectivity index (χ2v) is 4.93. The molecule has 0 heterocycles. The second-order valence-electron chi connectivity index (χ2n) is 4.01. The van der Waals surface area contributed by atoms with Gasteiger partial charge in [0.05, 0.1) is 0 Å². The maximum atomic E-state index is 13.4. The van der Waals surface area contributed by atoms with E-state index in [2.05, 4.69) is 21.2 Å². The fraction of sp³-hybridized carbons (Fsp3) is 0.417. The molecule has 0 saturated heterocycles. The number of hydrogen-bond acceptors (Lipinski definition) is 1. The van der Waals surface area contributed by atoms with Crippen molar-refractivity contribution in [1.29, 1.82) is 0 Å². The zero-order valence-electron chi connectivity index (χ0n) is 9.69. The topological polar surface area (TPSA) is 29.1 Å². The molecular weight excluding hydrogens is 292 g/mol. The fourth-order valence-corrected chi connectivity index (χ4v) is 1.71. The largest absolute Gasteiger partial charge is 0.321 e. The molecular formula is C12H14BrF2NO. The van der Waals surface area contributed by atoms with Gasteiger partial charge >= 0.3 is 0 Å². The molecule has 5 heteroatoms. The summed E-state index contributed by atoms with van der Waals surface area (Å²) in [5, 5.41) is 2.26. The zero-order chi connectivity index (χ0) is 13.0. The summed E-state index contributed by atoms with van der Waals surface area (Å²) in [6, 6.07) is 2.23. The third-order valence-electron chi connectivity index (χ3n) is 2.50. The van der Waals surface area contributed by atoms with E-state index in [-0.39, 0.29) is 23.9 Å². The number of hydrogen-bond donors (Lipinski definition) is 1. The predicted octanol–water partition coefficient (Wildman–Crippen LogP) is 4.10. The predicted molar refractivity (Wildman–Crippen MR) is 66.8 cm³/mol. The highest BCUT2D eigenvalue weighted by atomic mass is 79.9. The molecule has 0 saturated carbocycles. The van der Waals surface area contributed by atoms with Crippen LogP contribution in [0.1, 0.15) is 26.7 Å². The number of rotatable bonds is 4. The molecule has 0 spiro atoms. The summed E-state index contributed by atoms with van der Waals surface area (Å²) in [4.78, 5) is 11.5. The van der Waals surface area contributed by atoms with Gasteiger partial charge < -0.3 is 5.32 Å². The Labute approximate surface area is 108 Å². The molecule has 2 nitrogen and oxygen atoms in total. The highest BCUT2D eigenvalue weighted by molar-refractivity contribution is 9.10. The Morgan fingerprint density at radius 2 is 1.94 bits per heavy atom. The van der Waals surface area contributed by atoms with Gasteiger partial charge in [-0.05, 0) is 18.1 Å². The van der Waals surface area contributed by atoms with Crippen molar-refractivity contribution < 1.29 is 13.6 Å². The summed E-state index contributed by atoms with van der Waals surface area (Å²) < 4.78 is 27.1. The maximum absolute atomic E-state index is 13.4. The van der Waals surface area contributed by atoms with Gasteiger partial charge in [0.25, 0.3) is 0 Å². The fourth-order valence-electron chi connectivity index (χ4n) is 1.31. The normalized spacial score (nSPS) is 12.3. The summed E-state index contributed by atoms with van der Waals surface area (Å²) in [5.74, 6) is -1.75. The number of carbonyl (C=O) groups is 1. The van der Waals surface area contributed by atoms with Crippen molar-refractivity contribution in [2.24, 2.45) is 5.92 Å². The Balaban J connectivity index is 2.78. The van der Waals surface area contributed by atoms with Crippen molar-refractivity contribution in [3.63, 3.8) is 0 Å². The van der Waals surface area contributed by atoms with Crippen LogP contribution in [0.5, 0.6) is 0 Å². The van der Waals surface area contributed by atoms with Crippen LogP contribution in [0.25, 0.3) is 0 Å². The average molecular weight is 306 g/mol. The average Bonchev–Trinajstić information content (AvgIpc) is 2.23. The van der Waals surface area contributed by atoms with Crippen molar-refractivity contribution in [2.75, 3.05) is 5.32 Å². The van der Waals surface area contributed by atoms with Crippen molar-refractivity contribution in [2.45, 2.75) is 26.7 Å². The summed E-state index contributed by atoms with van der Waals surface area (Å²) >= 11 is 2.97. The van der Waals surface area contributed by atoms with E-state index in [1.807, 2.05) is 13.8 Å². The second kappa shape index (κ2) is 6.10. The van der Waals surface area contributed by atoms with Crippen LogP contribution in [0, 0.1) is 17.6 Å². The Morgan fingerprint density at radius 1 is 1.41 bits per heavy atom. The SMILES string of the molecule is CCC(C)CC(=O)Nc1c(F)cc(Br)cc1F. The molecule has 1 N–H and O–H groups in total. The number of benzene rings is 1. The molecule has 1 amide bonds. The lowest BCUT2D eigenvalue weighted by Gasteiger charge is -2.10. The third-order valence-corrected chi connectivity index (χ3v) is 2.96. The number of carbonyl (C=O) groups excluding carboxylic acids is 1. The molecule has 1 aromatic rings. The quantitative estimate of drug-likeness (QED) is 0.891. The molecule has 1 aromatic carbocycles. The van der Waals surface area contributed by atoms with Crippen LogP contribution in [0.3, 0.4) is 0 Å². The Bertz CT molecular complexity index is 400. The van der Waals surface area contributed by atoms with Gasteiger partial charge in [-0.1, -0.05) is 36.2 Å². The van der Waals surface area contributed by atoms with Crippen molar-refractivity contribution in [1.82, 2.24) is 0 Å². The van der Waals surface area contributed by atoms with Crippen LogP contribution >= 0.6 is 15.9 Å². The van der Waals surface area contributed by atoms with E-state index in [0.717, 1.165) is 18.6 Å². The summed E-state index contributed by atoms with van der Waals surface area (Å²) in [7, 11) is 0. The zero-order valence-corrected chi connectivity index (χ0v) is 11.3. The summed E-state index contributed by atoms with van der Waals surface area (Å²) in [6.45, 7) is 3.87. The van der Waals surface area contributed by atoms with Gasteiger partial charge in [-0.2, -0.15) is 0 Å². The van der Waals surface area contributed by atoms with E-state index in [1.165, 1.54) is 0 Å². The monoisotopic (exact) mass is 305 g/mol. The van der Waals surface area contributed by atoms with Crippen LogP contribution < -0.4 is 5.32 Å². The standard InChI is InChI=1S/C12H14BrF2NO/c1-3-7(2)4-11(17)16-12-9(14)5-8(13)6-10(12)15/h5-7H,3-4H2,1-2H3,(H,16,17). The molecule has 0 aliphatic heterocycles. The number of halogens is 3. The molecule has 1 rings (SSSR count). The Kier molecular flexibility index (Phi) is 5.05. The van der Waals surface area contributed by atoms with E-state index in [0.29, 0.717) is 4.47 Å². The number of amides is 1. The molecule has 1 unspecified atom stereocenters. The number of anilines is 1. The highest BCUT2D eigenvalue weighted by Crippen LogP contribution is 2.24. The summed E-state index contributed by atoms with van der Waals surface area (Å²) in [5.41, 5.74) is -0.387. The van der Waals surface area contributed by atoms with E-state index in [1.54, 1.807) is 0 Å². The van der Waals surface area contributed by atoms with Crippen LogP contribution in [0.4, 0.5) is 14.5 Å². The van der Waals surface area contributed by atoms with Crippen LogP contribution in [0.15, 0.2) is 16.6 Å². The van der Waals surface area contributed by atoms with Gasteiger partial charge in [-0.25, -0.2) is 8.78 Å². The number of nitrogens with one attached hydrogen (secondary N) is 1. The van der Waals surface area contributed by atoms with E-state index in [9.17, 15) is 13.6 Å². The molecule has 17 heavy (non-hydrogen) atoms. The first-order chi connectivity index (χ1) is 7.93. The molecule has 0 fully saturated rings. The molecule has 0 aliphatic rings.